The first-order valence-corrected chi connectivity index (χ1v) is 6.78. The van der Waals surface area contributed by atoms with E-state index in [-0.39, 0.29) is 11.0 Å². The van der Waals surface area contributed by atoms with Gasteiger partial charge in [-0.1, -0.05) is 24.6 Å². The molecule has 1 heterocycles. The molecule has 0 aliphatic heterocycles. The van der Waals surface area contributed by atoms with Gasteiger partial charge in [-0.25, -0.2) is 9.97 Å². The standard InChI is InChI=1S/C15H17ClN2O2/c1-5-11-6-7-12(13(8-11)19-4)20-15-14(16)17-9(2)10(3)18-15/h6-8H,5H2,1-4H3. The third-order valence-corrected chi connectivity index (χ3v) is 3.32. The van der Waals surface area contributed by atoms with E-state index in [1.807, 2.05) is 32.0 Å². The molecule has 0 fully saturated rings. The Morgan fingerprint density at radius 2 is 1.80 bits per heavy atom. The van der Waals surface area contributed by atoms with Crippen molar-refractivity contribution >= 4 is 11.6 Å². The Kier molecular flexibility index (Phi) is 4.45. The Hall–Kier alpha value is -1.81. The quantitative estimate of drug-likeness (QED) is 0.850. The molecule has 0 amide bonds. The van der Waals surface area contributed by atoms with Crippen LogP contribution in [0.15, 0.2) is 18.2 Å². The highest BCUT2D eigenvalue weighted by atomic mass is 35.5. The zero-order chi connectivity index (χ0) is 14.7. The topological polar surface area (TPSA) is 44.2 Å². The van der Waals surface area contributed by atoms with E-state index >= 15 is 0 Å². The zero-order valence-corrected chi connectivity index (χ0v) is 12.8. The molecule has 20 heavy (non-hydrogen) atoms. The lowest BCUT2D eigenvalue weighted by Crippen LogP contribution is -1.99. The Bertz CT molecular complexity index is 630. The van der Waals surface area contributed by atoms with Crippen molar-refractivity contribution in [3.05, 3.63) is 40.3 Å². The van der Waals surface area contributed by atoms with Crippen LogP contribution in [0.1, 0.15) is 23.9 Å². The molecule has 0 saturated heterocycles. The van der Waals surface area contributed by atoms with Gasteiger partial charge in [0.05, 0.1) is 18.5 Å². The summed E-state index contributed by atoms with van der Waals surface area (Å²) in [6, 6.07) is 5.78. The van der Waals surface area contributed by atoms with E-state index in [9.17, 15) is 0 Å². The summed E-state index contributed by atoms with van der Waals surface area (Å²) < 4.78 is 11.1. The van der Waals surface area contributed by atoms with E-state index in [4.69, 9.17) is 21.1 Å². The number of rotatable bonds is 4. The second-order valence-electron chi connectivity index (χ2n) is 4.43. The van der Waals surface area contributed by atoms with Crippen molar-refractivity contribution < 1.29 is 9.47 Å². The molecule has 4 nitrogen and oxygen atoms in total. The van der Waals surface area contributed by atoms with Crippen molar-refractivity contribution in [3.8, 4) is 17.4 Å². The van der Waals surface area contributed by atoms with Gasteiger partial charge in [-0.15, -0.1) is 0 Å². The normalized spacial score (nSPS) is 10.4. The SMILES string of the molecule is CCc1ccc(Oc2nc(C)c(C)nc2Cl)c(OC)c1. The molecule has 0 aliphatic rings. The van der Waals surface area contributed by atoms with Crippen LogP contribution in [-0.2, 0) is 6.42 Å². The first kappa shape index (κ1) is 14.6. The van der Waals surface area contributed by atoms with Crippen molar-refractivity contribution in [2.75, 3.05) is 7.11 Å². The molecule has 0 N–H and O–H groups in total. The average molecular weight is 293 g/mol. The fourth-order valence-electron chi connectivity index (χ4n) is 1.74. The highest BCUT2D eigenvalue weighted by Crippen LogP contribution is 2.34. The number of benzene rings is 1. The van der Waals surface area contributed by atoms with E-state index in [1.165, 1.54) is 5.56 Å². The van der Waals surface area contributed by atoms with E-state index < -0.39 is 0 Å². The van der Waals surface area contributed by atoms with Gasteiger partial charge < -0.3 is 9.47 Å². The lowest BCUT2D eigenvalue weighted by Gasteiger charge is -2.12. The highest BCUT2D eigenvalue weighted by molar-refractivity contribution is 6.30. The maximum Gasteiger partial charge on any atom is 0.258 e. The predicted octanol–water partition coefficient (Wildman–Crippen LogP) is 4.11. The molecule has 2 rings (SSSR count). The van der Waals surface area contributed by atoms with Gasteiger partial charge in [-0.05, 0) is 38.0 Å². The van der Waals surface area contributed by atoms with E-state index in [2.05, 4.69) is 16.9 Å². The van der Waals surface area contributed by atoms with E-state index in [0.717, 1.165) is 17.8 Å². The fourth-order valence-corrected chi connectivity index (χ4v) is 1.95. The van der Waals surface area contributed by atoms with Crippen molar-refractivity contribution in [3.63, 3.8) is 0 Å². The Labute approximate surface area is 123 Å². The van der Waals surface area contributed by atoms with Crippen LogP contribution in [0.2, 0.25) is 5.15 Å². The lowest BCUT2D eigenvalue weighted by molar-refractivity contribution is 0.372. The monoisotopic (exact) mass is 292 g/mol. The van der Waals surface area contributed by atoms with Crippen molar-refractivity contribution in [1.82, 2.24) is 9.97 Å². The number of ether oxygens (including phenoxy) is 2. The van der Waals surface area contributed by atoms with Crippen LogP contribution in [0.5, 0.6) is 17.4 Å². The number of aryl methyl sites for hydroxylation is 3. The Morgan fingerprint density at radius 1 is 1.10 bits per heavy atom. The second-order valence-corrected chi connectivity index (χ2v) is 4.79. The maximum atomic E-state index is 6.07. The number of halogens is 1. The number of methoxy groups -OCH3 is 1. The molecule has 0 aliphatic carbocycles. The molecular weight excluding hydrogens is 276 g/mol. The zero-order valence-electron chi connectivity index (χ0n) is 12.0. The number of hydrogen-bond acceptors (Lipinski definition) is 4. The van der Waals surface area contributed by atoms with Crippen molar-refractivity contribution in [1.29, 1.82) is 0 Å². The van der Waals surface area contributed by atoms with Gasteiger partial charge in [0.2, 0.25) is 0 Å². The number of nitrogens with zero attached hydrogens (tertiary/aromatic N) is 2. The summed E-state index contributed by atoms with van der Waals surface area (Å²) >= 11 is 6.07. The molecule has 0 unspecified atom stereocenters. The van der Waals surface area contributed by atoms with Gasteiger partial charge in [-0.2, -0.15) is 0 Å². The molecule has 0 saturated carbocycles. The smallest absolute Gasteiger partial charge is 0.258 e. The first-order chi connectivity index (χ1) is 9.55. The minimum absolute atomic E-state index is 0.245. The minimum atomic E-state index is 0.245. The van der Waals surface area contributed by atoms with Gasteiger partial charge in [0.1, 0.15) is 0 Å². The summed E-state index contributed by atoms with van der Waals surface area (Å²) in [7, 11) is 1.61. The predicted molar refractivity (Wildman–Crippen MR) is 79.0 cm³/mol. The molecule has 0 spiro atoms. The molecule has 5 heteroatoms. The lowest BCUT2D eigenvalue weighted by atomic mass is 10.1. The summed E-state index contributed by atoms with van der Waals surface area (Å²) in [5.74, 6) is 1.52. The van der Waals surface area contributed by atoms with Crippen LogP contribution in [0.4, 0.5) is 0 Å². The second kappa shape index (κ2) is 6.09. The summed E-state index contributed by atoms with van der Waals surface area (Å²) in [5.41, 5.74) is 2.75. The fraction of sp³-hybridized carbons (Fsp3) is 0.333. The highest BCUT2D eigenvalue weighted by Gasteiger charge is 2.12. The number of aromatic nitrogens is 2. The molecule has 2 aromatic rings. The Morgan fingerprint density at radius 3 is 2.45 bits per heavy atom. The molecule has 1 aromatic carbocycles. The minimum Gasteiger partial charge on any atom is -0.493 e. The first-order valence-electron chi connectivity index (χ1n) is 6.40. The van der Waals surface area contributed by atoms with Gasteiger partial charge in [-0.3, -0.25) is 0 Å². The third-order valence-electron chi connectivity index (χ3n) is 3.08. The van der Waals surface area contributed by atoms with Crippen molar-refractivity contribution in [2.45, 2.75) is 27.2 Å². The van der Waals surface area contributed by atoms with E-state index in [0.29, 0.717) is 11.5 Å². The van der Waals surface area contributed by atoms with Gasteiger partial charge >= 0.3 is 0 Å². The van der Waals surface area contributed by atoms with E-state index in [1.54, 1.807) is 7.11 Å². The molecule has 1 aromatic heterocycles. The van der Waals surface area contributed by atoms with Crippen LogP contribution >= 0.6 is 11.6 Å². The number of hydrogen-bond donors (Lipinski definition) is 0. The van der Waals surface area contributed by atoms with Crippen LogP contribution in [0.3, 0.4) is 0 Å². The molecule has 0 bridgehead atoms. The molecule has 106 valence electrons. The largest absolute Gasteiger partial charge is 0.493 e. The van der Waals surface area contributed by atoms with Gasteiger partial charge in [0.25, 0.3) is 5.88 Å². The molecule has 0 atom stereocenters. The third kappa shape index (κ3) is 3.02. The average Bonchev–Trinajstić information content (AvgIpc) is 2.45. The van der Waals surface area contributed by atoms with Gasteiger partial charge in [0, 0.05) is 0 Å². The molecular formula is C15H17ClN2O2. The van der Waals surface area contributed by atoms with Gasteiger partial charge in [0.15, 0.2) is 16.7 Å². The van der Waals surface area contributed by atoms with Crippen LogP contribution in [-0.4, -0.2) is 17.1 Å². The molecule has 0 radical (unpaired) electrons. The Balaban J connectivity index is 2.37. The van der Waals surface area contributed by atoms with Crippen molar-refractivity contribution in [2.24, 2.45) is 0 Å². The van der Waals surface area contributed by atoms with Crippen LogP contribution in [0.25, 0.3) is 0 Å². The maximum absolute atomic E-state index is 6.07. The van der Waals surface area contributed by atoms with Crippen LogP contribution < -0.4 is 9.47 Å². The summed E-state index contributed by atoms with van der Waals surface area (Å²) in [4.78, 5) is 8.51. The van der Waals surface area contributed by atoms with Crippen LogP contribution in [0, 0.1) is 13.8 Å². The summed E-state index contributed by atoms with van der Waals surface area (Å²) in [6.07, 6.45) is 0.931. The summed E-state index contributed by atoms with van der Waals surface area (Å²) in [6.45, 7) is 5.80. The summed E-state index contributed by atoms with van der Waals surface area (Å²) in [5, 5.41) is 0.245.